The zero-order chi connectivity index (χ0) is 18.1. The molecule has 0 radical (unpaired) electrons. The van der Waals surface area contributed by atoms with Crippen LogP contribution in [-0.4, -0.2) is 29.5 Å². The van der Waals surface area contributed by atoms with E-state index in [0.717, 1.165) is 4.68 Å². The van der Waals surface area contributed by atoms with Crippen molar-refractivity contribution in [3.05, 3.63) is 73.8 Å². The van der Waals surface area contributed by atoms with E-state index in [1.54, 1.807) is 7.05 Å². The van der Waals surface area contributed by atoms with Crippen LogP contribution in [0.2, 0.25) is 0 Å². The van der Waals surface area contributed by atoms with Crippen LogP contribution in [0.4, 0.5) is 13.2 Å². The summed E-state index contributed by atoms with van der Waals surface area (Å²) in [6, 6.07) is 1.02. The van der Waals surface area contributed by atoms with Crippen LogP contribution in [0.15, 0.2) is 28.0 Å². The third-order valence-corrected chi connectivity index (χ3v) is 3.34. The second kappa shape index (κ2) is 6.34. The molecule has 1 N–H and O–H groups in total. The van der Waals surface area contributed by atoms with Crippen LogP contribution in [0.1, 0.15) is 17.1 Å². The molecule has 1 aromatic carbocycles. The molecule has 11 heteroatoms. The van der Waals surface area contributed by atoms with E-state index >= 15 is 0 Å². The highest BCUT2D eigenvalue weighted by Crippen LogP contribution is 2.15. The molecule has 0 atom stereocenters. The largest absolute Gasteiger partial charge is 0.345 e. The number of nitrogens with zero attached hydrogens (tertiary/aromatic N) is 5. The minimum atomic E-state index is -1.34. The lowest BCUT2D eigenvalue weighted by atomic mass is 10.1. The molecule has 0 fully saturated rings. The van der Waals surface area contributed by atoms with Gasteiger partial charge in [0.25, 0.3) is 5.56 Å². The van der Waals surface area contributed by atoms with Gasteiger partial charge >= 0.3 is 5.69 Å². The second-order valence-corrected chi connectivity index (χ2v) is 5.23. The van der Waals surface area contributed by atoms with Crippen molar-refractivity contribution < 1.29 is 13.2 Å². The molecule has 25 heavy (non-hydrogen) atoms. The average Bonchev–Trinajstić information content (AvgIpc) is 2.94. The zero-order valence-electron chi connectivity index (χ0n) is 12.8. The normalized spacial score (nSPS) is 11.0. The molecular weight excluding hydrogens is 341 g/mol. The maximum Gasteiger partial charge on any atom is 0.345 e. The Bertz CT molecular complexity index is 1060. The number of hydrogen-bond acceptors (Lipinski definition) is 5. The second-order valence-electron chi connectivity index (χ2n) is 5.23. The first-order valence-electron chi connectivity index (χ1n) is 7.01. The summed E-state index contributed by atoms with van der Waals surface area (Å²) in [6.45, 7) is -0.121. The number of rotatable bonds is 4. The van der Waals surface area contributed by atoms with E-state index in [1.165, 1.54) is 11.0 Å². The van der Waals surface area contributed by atoms with Gasteiger partial charge in [0.05, 0.1) is 0 Å². The van der Waals surface area contributed by atoms with Gasteiger partial charge in [-0.2, -0.15) is 10.2 Å². The van der Waals surface area contributed by atoms with Gasteiger partial charge in [0.15, 0.2) is 17.5 Å². The van der Waals surface area contributed by atoms with Gasteiger partial charge in [-0.15, -0.1) is 0 Å². The van der Waals surface area contributed by atoms with Crippen molar-refractivity contribution >= 4 is 0 Å². The summed E-state index contributed by atoms with van der Waals surface area (Å²) in [7, 11) is 1.64. The molecular formula is C14H11F3N6O2. The Morgan fingerprint density at radius 3 is 2.48 bits per heavy atom. The standard InChI is InChI=1S/C14H11F3N6O2/c1-22-6-18-12(21-22)5-23-14(25)19-13(24)11(20-23)3-7-2-9(16)10(17)4-8(7)15/h2,4,6H,3,5H2,1H3,(H,19,24,25). The predicted octanol–water partition coefficient (Wildman–Crippen LogP) is 0.116. The van der Waals surface area contributed by atoms with Gasteiger partial charge in [0, 0.05) is 19.5 Å². The SMILES string of the molecule is Cn1cnc(Cn2nc(Cc3cc(F)c(F)cc3F)c(=O)[nH]c2=O)n1. The van der Waals surface area contributed by atoms with Gasteiger partial charge in [0.1, 0.15) is 24.4 Å². The molecule has 0 saturated heterocycles. The smallest absolute Gasteiger partial charge is 0.271 e. The summed E-state index contributed by atoms with van der Waals surface area (Å²) in [4.78, 5) is 29.6. The maximum absolute atomic E-state index is 13.7. The van der Waals surface area contributed by atoms with E-state index in [1.807, 2.05) is 4.98 Å². The number of H-pyrrole nitrogens is 1. The van der Waals surface area contributed by atoms with E-state index in [-0.39, 0.29) is 23.6 Å². The summed E-state index contributed by atoms with van der Waals surface area (Å²) < 4.78 is 42.3. The topological polar surface area (TPSA) is 98.5 Å². The minimum absolute atomic E-state index is 0.121. The van der Waals surface area contributed by atoms with Crippen molar-refractivity contribution in [2.45, 2.75) is 13.0 Å². The third kappa shape index (κ3) is 3.49. The molecule has 0 aliphatic rings. The van der Waals surface area contributed by atoms with Crippen molar-refractivity contribution in [1.82, 2.24) is 29.5 Å². The van der Waals surface area contributed by atoms with Crippen LogP contribution < -0.4 is 11.2 Å². The van der Waals surface area contributed by atoms with Crippen molar-refractivity contribution in [1.29, 1.82) is 0 Å². The summed E-state index contributed by atoms with van der Waals surface area (Å²) in [6.07, 6.45) is 0.998. The number of aryl methyl sites for hydroxylation is 1. The lowest BCUT2D eigenvalue weighted by Gasteiger charge is -2.06. The molecule has 0 saturated carbocycles. The summed E-state index contributed by atoms with van der Waals surface area (Å²) in [5.41, 5.74) is -2.15. The highest BCUT2D eigenvalue weighted by Gasteiger charge is 2.15. The lowest BCUT2D eigenvalue weighted by molar-refractivity contribution is 0.490. The molecule has 0 unspecified atom stereocenters. The molecule has 0 bridgehead atoms. The Balaban J connectivity index is 1.97. The van der Waals surface area contributed by atoms with Gasteiger partial charge in [-0.05, 0) is 11.6 Å². The van der Waals surface area contributed by atoms with E-state index in [9.17, 15) is 22.8 Å². The highest BCUT2D eigenvalue weighted by molar-refractivity contribution is 5.24. The Labute approximate surface area is 137 Å². The Morgan fingerprint density at radius 1 is 1.08 bits per heavy atom. The molecule has 0 amide bonds. The number of benzene rings is 1. The fourth-order valence-corrected chi connectivity index (χ4v) is 2.16. The van der Waals surface area contributed by atoms with Crippen LogP contribution in [0.3, 0.4) is 0 Å². The van der Waals surface area contributed by atoms with Crippen molar-refractivity contribution in [3.8, 4) is 0 Å². The average molecular weight is 352 g/mol. The Morgan fingerprint density at radius 2 is 1.80 bits per heavy atom. The molecule has 3 aromatic rings. The van der Waals surface area contributed by atoms with Crippen LogP contribution >= 0.6 is 0 Å². The van der Waals surface area contributed by atoms with Gasteiger partial charge < -0.3 is 0 Å². The summed E-state index contributed by atoms with van der Waals surface area (Å²) in [5, 5.41) is 7.83. The number of hydrogen-bond donors (Lipinski definition) is 1. The van der Waals surface area contributed by atoms with Crippen molar-refractivity contribution in [2.75, 3.05) is 0 Å². The van der Waals surface area contributed by atoms with E-state index in [0.29, 0.717) is 12.1 Å². The van der Waals surface area contributed by atoms with Crippen LogP contribution in [-0.2, 0) is 20.0 Å². The molecule has 0 spiro atoms. The Hall–Kier alpha value is -3.24. The predicted molar refractivity (Wildman–Crippen MR) is 78.3 cm³/mol. The van der Waals surface area contributed by atoms with Crippen molar-refractivity contribution in [3.63, 3.8) is 0 Å². The van der Waals surface area contributed by atoms with E-state index in [4.69, 9.17) is 0 Å². The van der Waals surface area contributed by atoms with Crippen molar-refractivity contribution in [2.24, 2.45) is 7.05 Å². The molecule has 8 nitrogen and oxygen atoms in total. The fourth-order valence-electron chi connectivity index (χ4n) is 2.16. The number of halogens is 3. The monoisotopic (exact) mass is 352 g/mol. The number of aromatic nitrogens is 6. The summed E-state index contributed by atoms with van der Waals surface area (Å²) >= 11 is 0. The fraction of sp³-hybridized carbons (Fsp3) is 0.214. The lowest BCUT2D eigenvalue weighted by Crippen LogP contribution is -2.35. The van der Waals surface area contributed by atoms with Gasteiger partial charge in [0.2, 0.25) is 0 Å². The number of aromatic amines is 1. The van der Waals surface area contributed by atoms with Gasteiger partial charge in [-0.25, -0.2) is 27.6 Å². The first-order valence-corrected chi connectivity index (χ1v) is 7.01. The minimum Gasteiger partial charge on any atom is -0.271 e. The molecule has 0 aliphatic heterocycles. The third-order valence-electron chi connectivity index (χ3n) is 3.34. The summed E-state index contributed by atoms with van der Waals surface area (Å²) in [5.74, 6) is -3.34. The molecule has 2 aromatic heterocycles. The van der Waals surface area contributed by atoms with E-state index < -0.39 is 35.1 Å². The molecule has 130 valence electrons. The first-order chi connectivity index (χ1) is 11.8. The van der Waals surface area contributed by atoms with E-state index in [2.05, 4.69) is 15.2 Å². The first kappa shape index (κ1) is 16.6. The molecule has 3 rings (SSSR count). The van der Waals surface area contributed by atoms with Crippen LogP contribution in [0.25, 0.3) is 0 Å². The Kier molecular flexibility index (Phi) is 4.21. The van der Waals surface area contributed by atoms with Gasteiger partial charge in [-0.3, -0.25) is 14.5 Å². The highest BCUT2D eigenvalue weighted by atomic mass is 19.2. The van der Waals surface area contributed by atoms with Crippen LogP contribution in [0.5, 0.6) is 0 Å². The number of nitrogens with one attached hydrogen (secondary N) is 1. The van der Waals surface area contributed by atoms with Crippen LogP contribution in [0, 0.1) is 17.5 Å². The van der Waals surface area contributed by atoms with Gasteiger partial charge in [-0.1, -0.05) is 0 Å². The quantitative estimate of drug-likeness (QED) is 0.673. The molecule has 2 heterocycles. The zero-order valence-corrected chi connectivity index (χ0v) is 12.8. The molecule has 0 aliphatic carbocycles. The maximum atomic E-state index is 13.7.